The van der Waals surface area contributed by atoms with Crippen LogP contribution in [0.2, 0.25) is 0 Å². The summed E-state index contributed by atoms with van der Waals surface area (Å²) in [5.74, 6) is 1.31. The second-order valence-electron chi connectivity index (χ2n) is 4.24. The van der Waals surface area contributed by atoms with E-state index in [2.05, 4.69) is 17.4 Å². The number of nitrogens with one attached hydrogen (secondary N) is 1. The van der Waals surface area contributed by atoms with Crippen LogP contribution in [-0.2, 0) is 0 Å². The van der Waals surface area contributed by atoms with E-state index < -0.39 is 0 Å². The van der Waals surface area contributed by atoms with Gasteiger partial charge in [-0.2, -0.15) is 0 Å². The quantitative estimate of drug-likeness (QED) is 0.190. The van der Waals surface area contributed by atoms with Crippen LogP contribution in [0.4, 0.5) is 0 Å². The molecule has 4 heteroatoms. The minimum absolute atomic E-state index is 0.296. The fraction of sp³-hybridized carbons (Fsp3) is 0.900. The lowest BCUT2D eigenvalue weighted by molar-refractivity contribution is 0.315. The van der Waals surface area contributed by atoms with Crippen molar-refractivity contribution in [1.82, 2.24) is 5.32 Å². The van der Waals surface area contributed by atoms with Crippen molar-refractivity contribution in [2.75, 3.05) is 6.54 Å². The van der Waals surface area contributed by atoms with Gasteiger partial charge in [-0.3, -0.25) is 0 Å². The van der Waals surface area contributed by atoms with Gasteiger partial charge in [0.05, 0.1) is 0 Å². The molecular weight excluding hydrogens is 178 g/mol. The van der Waals surface area contributed by atoms with E-state index in [-0.39, 0.29) is 0 Å². The molecule has 4 N–H and O–H groups in total. The number of nitrogens with two attached hydrogens (primary N) is 1. The molecule has 1 aliphatic rings. The van der Waals surface area contributed by atoms with Crippen LogP contribution in [0.3, 0.4) is 0 Å². The molecular formula is C10H21N3O. The van der Waals surface area contributed by atoms with Crippen LogP contribution in [0, 0.1) is 5.92 Å². The highest BCUT2D eigenvalue weighted by molar-refractivity contribution is 5.80. The molecule has 1 atom stereocenters. The highest BCUT2D eigenvalue weighted by Crippen LogP contribution is 2.33. The van der Waals surface area contributed by atoms with Gasteiger partial charge in [0.2, 0.25) is 0 Å². The van der Waals surface area contributed by atoms with E-state index in [4.69, 9.17) is 10.9 Å². The molecule has 1 aliphatic carbocycles. The largest absolute Gasteiger partial charge is 0.409 e. The van der Waals surface area contributed by atoms with Crippen molar-refractivity contribution in [3.63, 3.8) is 0 Å². The molecule has 0 bridgehead atoms. The first-order valence-electron chi connectivity index (χ1n) is 5.42. The number of amidine groups is 1. The van der Waals surface area contributed by atoms with E-state index in [1.807, 2.05) is 0 Å². The molecule has 0 aromatic carbocycles. The summed E-state index contributed by atoms with van der Waals surface area (Å²) in [5, 5.41) is 14.7. The Morgan fingerprint density at radius 2 is 2.36 bits per heavy atom. The average Bonchev–Trinajstić information content (AvgIpc) is 2.96. The summed E-state index contributed by atoms with van der Waals surface area (Å²) in [6, 6.07) is 0.296. The zero-order valence-corrected chi connectivity index (χ0v) is 8.87. The van der Waals surface area contributed by atoms with Gasteiger partial charge in [-0.1, -0.05) is 18.0 Å². The number of hydrogen-bond donors (Lipinski definition) is 3. The predicted molar refractivity (Wildman–Crippen MR) is 57.4 cm³/mol. The number of nitrogens with zero attached hydrogens (tertiary/aromatic N) is 1. The Hall–Kier alpha value is -0.770. The highest BCUT2D eigenvalue weighted by atomic mass is 16.4. The molecule has 0 saturated heterocycles. The third-order valence-electron chi connectivity index (χ3n) is 2.62. The van der Waals surface area contributed by atoms with Gasteiger partial charge in [-0.25, -0.2) is 0 Å². The van der Waals surface area contributed by atoms with Gasteiger partial charge in [0.15, 0.2) is 0 Å². The second-order valence-corrected chi connectivity index (χ2v) is 4.24. The first-order chi connectivity index (χ1) is 6.72. The van der Waals surface area contributed by atoms with Gasteiger partial charge in [-0.05, 0) is 32.2 Å². The molecule has 82 valence electrons. The van der Waals surface area contributed by atoms with Crippen molar-refractivity contribution in [3.8, 4) is 0 Å². The average molecular weight is 199 g/mol. The summed E-state index contributed by atoms with van der Waals surface area (Å²) in [4.78, 5) is 0. The Kier molecular flexibility index (Phi) is 4.73. The van der Waals surface area contributed by atoms with E-state index in [1.54, 1.807) is 0 Å². The zero-order chi connectivity index (χ0) is 10.4. The van der Waals surface area contributed by atoms with Gasteiger partial charge >= 0.3 is 0 Å². The van der Waals surface area contributed by atoms with Crippen LogP contribution in [-0.4, -0.2) is 23.6 Å². The van der Waals surface area contributed by atoms with Crippen LogP contribution >= 0.6 is 0 Å². The lowest BCUT2D eigenvalue weighted by Crippen LogP contribution is -2.31. The Morgan fingerprint density at radius 1 is 1.64 bits per heavy atom. The van der Waals surface area contributed by atoms with Crippen LogP contribution in [0.5, 0.6) is 0 Å². The predicted octanol–water partition coefficient (Wildman–Crippen LogP) is 1.29. The normalized spacial score (nSPS) is 19.6. The van der Waals surface area contributed by atoms with Crippen molar-refractivity contribution in [2.45, 2.75) is 45.1 Å². The maximum absolute atomic E-state index is 8.37. The molecule has 0 aromatic rings. The fourth-order valence-corrected chi connectivity index (χ4v) is 1.57. The van der Waals surface area contributed by atoms with Crippen molar-refractivity contribution in [1.29, 1.82) is 0 Å². The monoisotopic (exact) mass is 199 g/mol. The summed E-state index contributed by atoms with van der Waals surface area (Å²) < 4.78 is 0. The molecule has 0 amide bonds. The van der Waals surface area contributed by atoms with Gasteiger partial charge in [0.25, 0.3) is 0 Å². The first kappa shape index (κ1) is 11.3. The topological polar surface area (TPSA) is 70.6 Å². The number of hydrogen-bond acceptors (Lipinski definition) is 3. The Morgan fingerprint density at radius 3 is 2.93 bits per heavy atom. The molecule has 1 fully saturated rings. The third kappa shape index (κ3) is 5.07. The van der Waals surface area contributed by atoms with Crippen molar-refractivity contribution >= 4 is 5.84 Å². The molecule has 0 spiro atoms. The summed E-state index contributed by atoms with van der Waals surface area (Å²) >= 11 is 0. The van der Waals surface area contributed by atoms with Gasteiger partial charge < -0.3 is 16.3 Å². The number of rotatable bonds is 7. The van der Waals surface area contributed by atoms with Crippen molar-refractivity contribution in [2.24, 2.45) is 16.8 Å². The van der Waals surface area contributed by atoms with E-state index in [1.165, 1.54) is 25.7 Å². The van der Waals surface area contributed by atoms with Crippen LogP contribution < -0.4 is 11.1 Å². The van der Waals surface area contributed by atoms with Gasteiger partial charge in [-0.15, -0.1) is 0 Å². The van der Waals surface area contributed by atoms with E-state index in [0.717, 1.165) is 12.5 Å². The van der Waals surface area contributed by atoms with Gasteiger partial charge in [0, 0.05) is 12.5 Å². The molecule has 14 heavy (non-hydrogen) atoms. The Balaban J connectivity index is 1.93. The van der Waals surface area contributed by atoms with Crippen LogP contribution in [0.15, 0.2) is 5.16 Å². The fourth-order valence-electron chi connectivity index (χ4n) is 1.57. The maximum Gasteiger partial charge on any atom is 0.140 e. The molecule has 1 unspecified atom stereocenters. The lowest BCUT2D eigenvalue weighted by atomic mass is 10.2. The van der Waals surface area contributed by atoms with E-state index >= 15 is 0 Å². The molecule has 1 rings (SSSR count). The maximum atomic E-state index is 8.37. The summed E-state index contributed by atoms with van der Waals surface area (Å²) in [5.41, 5.74) is 5.40. The molecule has 0 heterocycles. The standard InChI is InChI=1S/C10H21N3O/c1-8(7-10(11)13-14)12-6-2-3-9-4-5-9/h8-9,12,14H,2-7H2,1H3,(H2,11,13). The Labute approximate surface area is 85.6 Å². The summed E-state index contributed by atoms with van der Waals surface area (Å²) in [6.07, 6.45) is 6.06. The third-order valence-corrected chi connectivity index (χ3v) is 2.62. The van der Waals surface area contributed by atoms with Gasteiger partial charge in [0.1, 0.15) is 5.84 Å². The van der Waals surface area contributed by atoms with E-state index in [0.29, 0.717) is 18.3 Å². The molecule has 0 aliphatic heterocycles. The van der Waals surface area contributed by atoms with Crippen LogP contribution in [0.25, 0.3) is 0 Å². The minimum atomic E-state index is 0.296. The molecule has 0 aromatic heterocycles. The summed E-state index contributed by atoms with van der Waals surface area (Å²) in [7, 11) is 0. The zero-order valence-electron chi connectivity index (χ0n) is 8.87. The minimum Gasteiger partial charge on any atom is -0.409 e. The lowest BCUT2D eigenvalue weighted by Gasteiger charge is -2.12. The second kappa shape index (κ2) is 5.86. The molecule has 4 nitrogen and oxygen atoms in total. The van der Waals surface area contributed by atoms with Crippen molar-refractivity contribution in [3.05, 3.63) is 0 Å². The smallest absolute Gasteiger partial charge is 0.140 e. The summed E-state index contributed by atoms with van der Waals surface area (Å²) in [6.45, 7) is 3.09. The molecule has 0 radical (unpaired) electrons. The molecule has 1 saturated carbocycles. The Bertz CT molecular complexity index is 190. The first-order valence-corrected chi connectivity index (χ1v) is 5.42. The van der Waals surface area contributed by atoms with Crippen LogP contribution in [0.1, 0.15) is 39.0 Å². The van der Waals surface area contributed by atoms with Crippen molar-refractivity contribution < 1.29 is 5.21 Å². The van der Waals surface area contributed by atoms with E-state index in [9.17, 15) is 0 Å². The number of oxime groups is 1. The highest BCUT2D eigenvalue weighted by Gasteiger charge is 2.19. The SMILES string of the molecule is CC(CC(N)=NO)NCCCC1CC1.